The molecule has 1 aliphatic heterocycles. The fraction of sp³-hybridized carbons (Fsp3) is 0.846. The number of piperidine rings is 1. The Hall–Kier alpha value is -0.340. The van der Waals surface area contributed by atoms with Crippen LogP contribution in [0.3, 0.4) is 0 Å². The minimum absolute atomic E-state index is 0.550. The summed E-state index contributed by atoms with van der Waals surface area (Å²) in [4.78, 5) is 2.49. The largest absolute Gasteiger partial charge is 0.309 e. The number of rotatable bonds is 4. The lowest BCUT2D eigenvalue weighted by molar-refractivity contribution is 0.174. The van der Waals surface area contributed by atoms with Gasteiger partial charge in [0.15, 0.2) is 0 Å². The van der Waals surface area contributed by atoms with Crippen LogP contribution in [0.25, 0.3) is 0 Å². The monoisotopic (exact) mass is 210 g/mol. The first-order valence-corrected chi connectivity index (χ1v) is 6.09. The maximum atomic E-state index is 4.02. The third-order valence-corrected chi connectivity index (χ3v) is 3.26. The molecule has 15 heavy (non-hydrogen) atoms. The van der Waals surface area contributed by atoms with Gasteiger partial charge in [0.05, 0.1) is 0 Å². The lowest BCUT2D eigenvalue weighted by Crippen LogP contribution is -2.49. The first kappa shape index (κ1) is 12.7. The minimum Gasteiger partial charge on any atom is -0.309 e. The van der Waals surface area contributed by atoms with Gasteiger partial charge in [0.2, 0.25) is 0 Å². The summed E-state index contributed by atoms with van der Waals surface area (Å²) in [5.41, 5.74) is 1.28. The van der Waals surface area contributed by atoms with Crippen molar-refractivity contribution in [3.05, 3.63) is 12.2 Å². The van der Waals surface area contributed by atoms with Crippen LogP contribution in [0.2, 0.25) is 0 Å². The first-order valence-electron chi connectivity index (χ1n) is 6.09. The van der Waals surface area contributed by atoms with Crippen molar-refractivity contribution < 1.29 is 0 Å². The predicted molar refractivity (Wildman–Crippen MR) is 67.1 cm³/mol. The van der Waals surface area contributed by atoms with Gasteiger partial charge in [0, 0.05) is 25.2 Å². The Bertz CT molecular complexity index is 203. The van der Waals surface area contributed by atoms with Gasteiger partial charge in [-0.2, -0.15) is 0 Å². The second-order valence-electron chi connectivity index (χ2n) is 5.37. The van der Waals surface area contributed by atoms with E-state index >= 15 is 0 Å². The Balaban J connectivity index is 2.33. The molecule has 1 rings (SSSR count). The number of hydrogen-bond acceptors (Lipinski definition) is 2. The molecule has 0 amide bonds. The molecule has 0 aliphatic carbocycles. The molecule has 0 aromatic heterocycles. The molecule has 1 saturated heterocycles. The van der Waals surface area contributed by atoms with Gasteiger partial charge in [-0.25, -0.2) is 0 Å². The van der Waals surface area contributed by atoms with Crippen molar-refractivity contribution in [2.75, 3.05) is 20.1 Å². The zero-order valence-corrected chi connectivity index (χ0v) is 10.7. The molecule has 1 fully saturated rings. The van der Waals surface area contributed by atoms with Crippen LogP contribution in [0, 0.1) is 5.92 Å². The lowest BCUT2D eigenvalue weighted by atomic mass is 9.95. The van der Waals surface area contributed by atoms with E-state index in [1.165, 1.54) is 25.0 Å². The molecule has 2 atom stereocenters. The molecule has 0 aromatic carbocycles. The van der Waals surface area contributed by atoms with Gasteiger partial charge < -0.3 is 10.2 Å². The van der Waals surface area contributed by atoms with Gasteiger partial charge in [0.1, 0.15) is 0 Å². The molecular weight excluding hydrogens is 184 g/mol. The fourth-order valence-corrected chi connectivity index (χ4v) is 2.36. The number of nitrogens with zero attached hydrogens (tertiary/aromatic N) is 1. The van der Waals surface area contributed by atoms with Crippen molar-refractivity contribution in [2.45, 2.75) is 45.7 Å². The fourth-order valence-electron chi connectivity index (χ4n) is 2.36. The molecule has 1 N–H and O–H groups in total. The van der Waals surface area contributed by atoms with Gasteiger partial charge in [-0.15, -0.1) is 0 Å². The van der Waals surface area contributed by atoms with Crippen LogP contribution in [-0.4, -0.2) is 37.1 Å². The van der Waals surface area contributed by atoms with E-state index in [9.17, 15) is 0 Å². The molecule has 0 radical (unpaired) electrons. The summed E-state index contributed by atoms with van der Waals surface area (Å²) >= 11 is 0. The Kier molecular flexibility index (Phi) is 4.81. The van der Waals surface area contributed by atoms with Gasteiger partial charge >= 0.3 is 0 Å². The number of hydrogen-bond donors (Lipinski definition) is 1. The second-order valence-corrected chi connectivity index (χ2v) is 5.37. The summed E-state index contributed by atoms with van der Waals surface area (Å²) in [5.74, 6) is 0.758. The molecule has 0 bridgehead atoms. The van der Waals surface area contributed by atoms with E-state index in [0.29, 0.717) is 12.1 Å². The van der Waals surface area contributed by atoms with Gasteiger partial charge in [0.25, 0.3) is 0 Å². The Labute approximate surface area is 94.7 Å². The highest BCUT2D eigenvalue weighted by molar-refractivity contribution is 5.04. The Morgan fingerprint density at radius 3 is 2.53 bits per heavy atom. The molecular formula is C13H26N2. The average Bonchev–Trinajstić information content (AvgIpc) is 2.17. The highest BCUT2D eigenvalue weighted by Crippen LogP contribution is 2.17. The van der Waals surface area contributed by atoms with Crippen LogP contribution in [0.5, 0.6) is 0 Å². The molecule has 2 heteroatoms. The summed E-state index contributed by atoms with van der Waals surface area (Å²) in [6.45, 7) is 13.0. The normalized spacial score (nSPS) is 27.3. The molecule has 0 aromatic rings. The Morgan fingerprint density at radius 2 is 2.13 bits per heavy atom. The third kappa shape index (κ3) is 3.96. The molecule has 2 unspecified atom stereocenters. The van der Waals surface area contributed by atoms with Gasteiger partial charge in [-0.3, -0.25) is 0 Å². The van der Waals surface area contributed by atoms with E-state index < -0.39 is 0 Å². The van der Waals surface area contributed by atoms with Crippen molar-refractivity contribution in [3.63, 3.8) is 0 Å². The molecule has 0 saturated carbocycles. The van der Waals surface area contributed by atoms with Crippen molar-refractivity contribution in [3.8, 4) is 0 Å². The average molecular weight is 210 g/mol. The Morgan fingerprint density at radius 1 is 1.47 bits per heavy atom. The smallest absolute Gasteiger partial charge is 0.0275 e. The SMILES string of the molecule is C=C(C)C1CCC(N(C)CC(C)C)CN1. The third-order valence-electron chi connectivity index (χ3n) is 3.26. The van der Waals surface area contributed by atoms with Gasteiger partial charge in [-0.1, -0.05) is 26.0 Å². The van der Waals surface area contributed by atoms with Crippen LogP contribution in [-0.2, 0) is 0 Å². The summed E-state index contributed by atoms with van der Waals surface area (Å²) in [6.07, 6.45) is 2.54. The van der Waals surface area contributed by atoms with Crippen LogP contribution < -0.4 is 5.32 Å². The highest BCUT2D eigenvalue weighted by Gasteiger charge is 2.23. The predicted octanol–water partition coefficient (Wildman–Crippen LogP) is 2.27. The van der Waals surface area contributed by atoms with E-state index in [0.717, 1.165) is 12.5 Å². The number of likely N-dealkylation sites (N-methyl/N-ethyl adjacent to an activating group) is 1. The standard InChI is InChI=1S/C13H26N2/c1-10(2)9-15(5)12-6-7-13(11(3)4)14-8-12/h10,12-14H,3,6-9H2,1-2,4-5H3. The number of nitrogens with one attached hydrogen (secondary N) is 1. The summed E-state index contributed by atoms with van der Waals surface area (Å²) < 4.78 is 0. The summed E-state index contributed by atoms with van der Waals surface area (Å²) in [7, 11) is 2.24. The van der Waals surface area contributed by atoms with Crippen molar-refractivity contribution in [1.29, 1.82) is 0 Å². The van der Waals surface area contributed by atoms with Crippen LogP contribution in [0.15, 0.2) is 12.2 Å². The first-order chi connectivity index (χ1) is 7.00. The molecule has 0 spiro atoms. The van der Waals surface area contributed by atoms with E-state index in [1.54, 1.807) is 0 Å². The lowest BCUT2D eigenvalue weighted by Gasteiger charge is -2.36. The maximum absolute atomic E-state index is 4.02. The van der Waals surface area contributed by atoms with Crippen LogP contribution in [0.1, 0.15) is 33.6 Å². The topological polar surface area (TPSA) is 15.3 Å². The van der Waals surface area contributed by atoms with Crippen molar-refractivity contribution in [1.82, 2.24) is 10.2 Å². The molecule has 1 heterocycles. The van der Waals surface area contributed by atoms with Crippen LogP contribution >= 0.6 is 0 Å². The quantitative estimate of drug-likeness (QED) is 0.716. The van der Waals surface area contributed by atoms with E-state index in [4.69, 9.17) is 0 Å². The molecule has 88 valence electrons. The van der Waals surface area contributed by atoms with Gasteiger partial charge in [-0.05, 0) is 32.7 Å². The summed E-state index contributed by atoms with van der Waals surface area (Å²) in [5, 5.41) is 3.58. The summed E-state index contributed by atoms with van der Waals surface area (Å²) in [6, 6.07) is 1.26. The second kappa shape index (κ2) is 5.66. The highest BCUT2D eigenvalue weighted by atomic mass is 15.2. The van der Waals surface area contributed by atoms with E-state index in [-0.39, 0.29) is 0 Å². The van der Waals surface area contributed by atoms with Crippen molar-refractivity contribution in [2.24, 2.45) is 5.92 Å². The molecule has 1 aliphatic rings. The zero-order valence-electron chi connectivity index (χ0n) is 10.7. The minimum atomic E-state index is 0.550. The van der Waals surface area contributed by atoms with E-state index in [2.05, 4.69) is 44.6 Å². The maximum Gasteiger partial charge on any atom is 0.0275 e. The van der Waals surface area contributed by atoms with E-state index in [1.807, 2.05) is 0 Å². The zero-order chi connectivity index (χ0) is 11.4. The van der Waals surface area contributed by atoms with Crippen molar-refractivity contribution >= 4 is 0 Å². The molecule has 2 nitrogen and oxygen atoms in total. The van der Waals surface area contributed by atoms with Crippen LogP contribution in [0.4, 0.5) is 0 Å².